The molecule has 0 bridgehead atoms. The molecule has 6 aromatic rings. The van der Waals surface area contributed by atoms with E-state index >= 15 is 0 Å². The maximum absolute atomic E-state index is 3.37. The fourth-order valence-corrected chi connectivity index (χ4v) is 8.35. The molecule has 0 spiro atoms. The number of benzene rings is 5. The van der Waals surface area contributed by atoms with Gasteiger partial charge in [-0.15, -0.1) is 0 Å². The van der Waals surface area contributed by atoms with Gasteiger partial charge >= 0.3 is 0 Å². The lowest BCUT2D eigenvalue weighted by Crippen LogP contribution is -2.09. The Balaban J connectivity index is 1.20. The maximum Gasteiger partial charge on any atom is 0.0491 e. The third-order valence-corrected chi connectivity index (χ3v) is 10.6. The molecule has 1 atom stereocenters. The molecule has 0 radical (unpaired) electrons. The molecule has 6 aromatic carbocycles. The highest BCUT2D eigenvalue weighted by atomic mass is 14.3. The van der Waals surface area contributed by atoms with E-state index in [1.807, 2.05) is 0 Å². The van der Waals surface area contributed by atoms with Crippen LogP contribution in [0.15, 0.2) is 163 Å². The van der Waals surface area contributed by atoms with Gasteiger partial charge in [0.2, 0.25) is 0 Å². The smallest absolute Gasteiger partial charge is 0.0491 e. The molecule has 51 heavy (non-hydrogen) atoms. The van der Waals surface area contributed by atoms with Crippen molar-refractivity contribution in [3.63, 3.8) is 0 Å². The zero-order chi connectivity index (χ0) is 34.1. The van der Waals surface area contributed by atoms with Crippen molar-refractivity contribution in [2.75, 3.05) is 0 Å². The molecular formula is C51H36. The molecule has 0 saturated carbocycles. The van der Waals surface area contributed by atoms with Gasteiger partial charge in [-0.2, -0.15) is 0 Å². The molecule has 9 rings (SSSR count). The number of allylic oxidation sites excluding steroid dienone is 12. The second-order valence-electron chi connectivity index (χ2n) is 13.5. The minimum Gasteiger partial charge on any atom is -0.0833 e. The van der Waals surface area contributed by atoms with Crippen LogP contribution in [0.5, 0.6) is 0 Å². The van der Waals surface area contributed by atoms with E-state index in [0.717, 1.165) is 35.6 Å². The lowest BCUT2D eigenvalue weighted by molar-refractivity contribution is 0.762. The molecule has 0 heteroatoms. The summed E-state index contributed by atoms with van der Waals surface area (Å²) in [6, 6.07) is 46.1. The van der Waals surface area contributed by atoms with Gasteiger partial charge in [0, 0.05) is 16.7 Å². The summed E-state index contributed by atoms with van der Waals surface area (Å²) in [6.45, 7) is 2.17. The van der Waals surface area contributed by atoms with E-state index in [4.69, 9.17) is 0 Å². The van der Waals surface area contributed by atoms with Crippen LogP contribution >= 0.6 is 0 Å². The van der Waals surface area contributed by atoms with E-state index < -0.39 is 0 Å². The third-order valence-electron chi connectivity index (χ3n) is 10.6. The minimum atomic E-state index is 0.481. The maximum atomic E-state index is 3.37. The van der Waals surface area contributed by atoms with Gasteiger partial charge < -0.3 is 0 Å². The summed E-state index contributed by atoms with van der Waals surface area (Å²) in [5.74, 6) is 0.481. The first kappa shape index (κ1) is 30.7. The molecular weight excluding hydrogens is 613 g/mol. The summed E-state index contributed by atoms with van der Waals surface area (Å²) in [7, 11) is 0. The first-order chi connectivity index (χ1) is 25.3. The van der Waals surface area contributed by atoms with Gasteiger partial charge in [0.1, 0.15) is 0 Å². The van der Waals surface area contributed by atoms with Gasteiger partial charge in [0.15, 0.2) is 0 Å². The third kappa shape index (κ3) is 5.47. The Morgan fingerprint density at radius 3 is 2.49 bits per heavy atom. The van der Waals surface area contributed by atoms with E-state index in [1.54, 1.807) is 0 Å². The fraction of sp³-hybridized carbons (Fsp3) is 0.0980. The Hall–Kier alpha value is -6.34. The summed E-state index contributed by atoms with van der Waals surface area (Å²) in [5.41, 5.74) is 15.5. The summed E-state index contributed by atoms with van der Waals surface area (Å²) in [4.78, 5) is 0. The van der Waals surface area contributed by atoms with Crippen LogP contribution in [0.3, 0.4) is 0 Å². The van der Waals surface area contributed by atoms with Crippen molar-refractivity contribution < 1.29 is 0 Å². The Morgan fingerprint density at radius 2 is 1.57 bits per heavy atom. The topological polar surface area (TPSA) is 0 Å². The number of hydrogen-bond donors (Lipinski definition) is 0. The van der Waals surface area contributed by atoms with Crippen LogP contribution in [0.2, 0.25) is 0 Å². The molecule has 0 N–H and O–H groups in total. The Morgan fingerprint density at radius 1 is 0.745 bits per heavy atom. The molecule has 0 heterocycles. The second kappa shape index (κ2) is 13.2. The average Bonchev–Trinajstić information content (AvgIpc) is 3.44. The van der Waals surface area contributed by atoms with Gasteiger partial charge in [-0.05, 0) is 128 Å². The molecule has 0 fully saturated rings. The van der Waals surface area contributed by atoms with Crippen molar-refractivity contribution >= 4 is 33.2 Å². The number of hydrogen-bond acceptors (Lipinski definition) is 0. The predicted octanol–water partition coefficient (Wildman–Crippen LogP) is 12.6. The van der Waals surface area contributed by atoms with Crippen LogP contribution in [0.1, 0.15) is 41.2 Å². The highest BCUT2D eigenvalue weighted by Crippen LogP contribution is 2.45. The Kier molecular flexibility index (Phi) is 7.93. The molecule has 0 aliphatic heterocycles. The van der Waals surface area contributed by atoms with E-state index in [-0.39, 0.29) is 0 Å². The van der Waals surface area contributed by atoms with Crippen molar-refractivity contribution in [3.05, 3.63) is 215 Å². The molecule has 3 aliphatic rings. The van der Waals surface area contributed by atoms with Crippen LogP contribution < -0.4 is 0 Å². The molecule has 0 amide bonds. The van der Waals surface area contributed by atoms with E-state index in [9.17, 15) is 0 Å². The van der Waals surface area contributed by atoms with Gasteiger partial charge in [0.25, 0.3) is 0 Å². The van der Waals surface area contributed by atoms with Crippen molar-refractivity contribution in [2.24, 2.45) is 5.92 Å². The minimum absolute atomic E-state index is 0.481. The van der Waals surface area contributed by atoms with Gasteiger partial charge in [-0.3, -0.25) is 0 Å². The normalized spacial score (nSPS) is 16.2. The van der Waals surface area contributed by atoms with Crippen LogP contribution in [0, 0.1) is 30.2 Å². The molecule has 0 nitrogen and oxygen atoms in total. The highest BCUT2D eigenvalue weighted by molar-refractivity contribution is 6.13. The van der Waals surface area contributed by atoms with Crippen molar-refractivity contribution in [2.45, 2.75) is 26.2 Å². The first-order valence-electron chi connectivity index (χ1n) is 17.9. The van der Waals surface area contributed by atoms with E-state index in [2.05, 4.69) is 189 Å². The highest BCUT2D eigenvalue weighted by Gasteiger charge is 2.23. The fourth-order valence-electron chi connectivity index (χ4n) is 8.35. The van der Waals surface area contributed by atoms with E-state index in [0.29, 0.717) is 5.92 Å². The predicted molar refractivity (Wildman–Crippen MR) is 215 cm³/mol. The van der Waals surface area contributed by atoms with Crippen LogP contribution in [0.25, 0.3) is 55.4 Å². The lowest BCUT2D eigenvalue weighted by atomic mass is 9.80. The molecule has 0 saturated heterocycles. The summed E-state index contributed by atoms with van der Waals surface area (Å²) >= 11 is 0. The lowest BCUT2D eigenvalue weighted by Gasteiger charge is -2.24. The largest absolute Gasteiger partial charge is 0.0833 e. The van der Waals surface area contributed by atoms with Crippen LogP contribution in [0.4, 0.5) is 0 Å². The van der Waals surface area contributed by atoms with Crippen molar-refractivity contribution in [3.8, 4) is 22.3 Å². The van der Waals surface area contributed by atoms with Crippen molar-refractivity contribution in [1.29, 1.82) is 0 Å². The zero-order valence-electron chi connectivity index (χ0n) is 28.7. The standard InChI is InChI=1S/C51H36/c1-2-41(44-27-11-8-19-39(44)33-38-23-14-20-35-17-6-9-25-42(35)38)37-22-15-24-40(34-37)50-46-28-4-3-5-29-48(46)51(49-31-13-12-30-47(49)50)45-32-16-21-36-18-7-10-26-43(36)45/h2-6,8-9,11-17,19,21-25,27-28,30-32,34-35H,20,29,33H2,1H3/b41-2-/t35-/m1/s1. The first-order valence-corrected chi connectivity index (χ1v) is 17.9. The number of fused-ring (bicyclic) bond motifs is 4. The van der Waals surface area contributed by atoms with E-state index in [1.165, 1.54) is 72.0 Å². The van der Waals surface area contributed by atoms with Crippen molar-refractivity contribution in [1.82, 2.24) is 0 Å². The Labute approximate surface area is 301 Å². The van der Waals surface area contributed by atoms with Gasteiger partial charge in [0.05, 0.1) is 0 Å². The molecule has 0 unspecified atom stereocenters. The molecule has 0 aromatic heterocycles. The quantitative estimate of drug-likeness (QED) is 0.169. The molecule has 3 aliphatic carbocycles. The SMILES string of the molecule is C/C=C(/c1cccc(-c2c3c(c(-c4cccc5c#cc#cc45)c4ccccc24)CC=CC=C3)c1)c1ccccc1CC1=C2C=CC=C[C@@H]2CC=C1. The van der Waals surface area contributed by atoms with Crippen LogP contribution in [-0.2, 0) is 12.8 Å². The number of rotatable bonds is 6. The monoisotopic (exact) mass is 648 g/mol. The Bertz CT molecular complexity index is 2550. The van der Waals surface area contributed by atoms with Gasteiger partial charge in [-0.25, -0.2) is 0 Å². The summed E-state index contributed by atoms with van der Waals surface area (Å²) in [5, 5.41) is 4.51. The summed E-state index contributed by atoms with van der Waals surface area (Å²) < 4.78 is 0. The second-order valence-corrected chi connectivity index (χ2v) is 13.5. The molecule has 240 valence electrons. The van der Waals surface area contributed by atoms with Gasteiger partial charge in [-0.1, -0.05) is 158 Å². The van der Waals surface area contributed by atoms with Crippen LogP contribution in [-0.4, -0.2) is 0 Å². The summed E-state index contributed by atoms with van der Waals surface area (Å²) in [6.07, 6.45) is 27.7. The average molecular weight is 649 g/mol. The zero-order valence-corrected chi connectivity index (χ0v) is 28.7.